The Balaban J connectivity index is 1.77. The third-order valence-electron chi connectivity index (χ3n) is 3.54. The summed E-state index contributed by atoms with van der Waals surface area (Å²) in [5, 5.41) is 2.62. The molecular formula is C15H21FN2O. The van der Waals surface area contributed by atoms with Crippen molar-refractivity contribution in [1.29, 1.82) is 0 Å². The van der Waals surface area contributed by atoms with Gasteiger partial charge in [0.05, 0.1) is 5.69 Å². The minimum absolute atomic E-state index is 0.122. The van der Waals surface area contributed by atoms with Crippen molar-refractivity contribution < 1.29 is 9.18 Å². The average Bonchev–Trinajstić information content (AvgIpc) is 2.39. The number of anilines is 1. The predicted octanol–water partition coefficient (Wildman–Crippen LogP) is 2.89. The van der Waals surface area contributed by atoms with Gasteiger partial charge in [0.15, 0.2) is 0 Å². The molecule has 0 radical (unpaired) electrons. The lowest BCUT2D eigenvalue weighted by Gasteiger charge is -2.30. The van der Waals surface area contributed by atoms with E-state index in [2.05, 4.69) is 17.1 Å². The number of para-hydroxylation sites is 1. The lowest BCUT2D eigenvalue weighted by molar-refractivity contribution is -0.116. The minimum atomic E-state index is -0.387. The second-order valence-corrected chi connectivity index (χ2v) is 5.33. The van der Waals surface area contributed by atoms with Gasteiger partial charge in [-0.15, -0.1) is 0 Å². The molecule has 4 heteroatoms. The number of halogens is 1. The van der Waals surface area contributed by atoms with Gasteiger partial charge in [-0.25, -0.2) is 4.39 Å². The Labute approximate surface area is 113 Å². The van der Waals surface area contributed by atoms with Gasteiger partial charge in [0.2, 0.25) is 5.91 Å². The van der Waals surface area contributed by atoms with Crippen LogP contribution >= 0.6 is 0 Å². The Kier molecular flexibility index (Phi) is 4.91. The molecule has 2 rings (SSSR count). The SMILES string of the molecule is C[C@H]1CCCN(CCC(=O)Nc2ccccc2F)C1. The van der Waals surface area contributed by atoms with Crippen LogP contribution in [0.25, 0.3) is 0 Å². The van der Waals surface area contributed by atoms with Crippen LogP contribution in [0.2, 0.25) is 0 Å². The van der Waals surface area contributed by atoms with Gasteiger partial charge < -0.3 is 10.2 Å². The molecule has 1 atom stereocenters. The number of amides is 1. The van der Waals surface area contributed by atoms with Crippen LogP contribution in [0.1, 0.15) is 26.2 Å². The summed E-state index contributed by atoms with van der Waals surface area (Å²) in [6.45, 7) is 5.13. The highest BCUT2D eigenvalue weighted by atomic mass is 19.1. The molecular weight excluding hydrogens is 243 g/mol. The highest BCUT2D eigenvalue weighted by Crippen LogP contribution is 2.16. The van der Waals surface area contributed by atoms with Crippen LogP contribution in [0, 0.1) is 11.7 Å². The number of piperidine rings is 1. The summed E-state index contributed by atoms with van der Waals surface area (Å²) in [5.41, 5.74) is 0.263. The molecule has 0 saturated carbocycles. The van der Waals surface area contributed by atoms with E-state index in [0.717, 1.165) is 19.6 Å². The topological polar surface area (TPSA) is 32.3 Å². The summed E-state index contributed by atoms with van der Waals surface area (Å²) in [4.78, 5) is 14.1. The fourth-order valence-corrected chi connectivity index (χ4v) is 2.52. The Morgan fingerprint density at radius 2 is 2.26 bits per heavy atom. The maximum atomic E-state index is 13.4. The van der Waals surface area contributed by atoms with E-state index < -0.39 is 0 Å². The van der Waals surface area contributed by atoms with Crippen molar-refractivity contribution in [2.75, 3.05) is 25.0 Å². The highest BCUT2D eigenvalue weighted by molar-refractivity contribution is 5.90. The number of rotatable bonds is 4. The Morgan fingerprint density at radius 3 is 3.00 bits per heavy atom. The molecule has 104 valence electrons. The van der Waals surface area contributed by atoms with Gasteiger partial charge >= 0.3 is 0 Å². The lowest BCUT2D eigenvalue weighted by atomic mass is 10.0. The van der Waals surface area contributed by atoms with Gasteiger partial charge in [-0.3, -0.25) is 4.79 Å². The second kappa shape index (κ2) is 6.66. The van der Waals surface area contributed by atoms with Crippen molar-refractivity contribution in [3.8, 4) is 0 Å². The van der Waals surface area contributed by atoms with Crippen molar-refractivity contribution in [1.82, 2.24) is 4.90 Å². The molecule has 1 fully saturated rings. The van der Waals surface area contributed by atoms with E-state index in [1.807, 2.05) is 0 Å². The smallest absolute Gasteiger partial charge is 0.225 e. The quantitative estimate of drug-likeness (QED) is 0.907. The van der Waals surface area contributed by atoms with Gasteiger partial charge in [-0.1, -0.05) is 19.1 Å². The molecule has 0 unspecified atom stereocenters. The molecule has 1 amide bonds. The van der Waals surface area contributed by atoms with Crippen LogP contribution in [0.3, 0.4) is 0 Å². The molecule has 1 aromatic rings. The Bertz CT molecular complexity index is 436. The van der Waals surface area contributed by atoms with Crippen molar-refractivity contribution in [3.63, 3.8) is 0 Å². The summed E-state index contributed by atoms with van der Waals surface area (Å²) in [7, 11) is 0. The summed E-state index contributed by atoms with van der Waals surface area (Å²) >= 11 is 0. The van der Waals surface area contributed by atoms with Crippen LogP contribution in [0.15, 0.2) is 24.3 Å². The molecule has 3 nitrogen and oxygen atoms in total. The fourth-order valence-electron chi connectivity index (χ4n) is 2.52. The molecule has 0 bridgehead atoms. The van der Waals surface area contributed by atoms with Crippen molar-refractivity contribution in [2.24, 2.45) is 5.92 Å². The van der Waals surface area contributed by atoms with E-state index in [0.29, 0.717) is 12.3 Å². The standard InChI is InChI=1S/C15H21FN2O/c1-12-5-4-9-18(11-12)10-8-15(19)17-14-7-3-2-6-13(14)16/h2-3,6-7,12H,4-5,8-11H2,1H3,(H,17,19)/t12-/m0/s1. The molecule has 1 aliphatic heterocycles. The number of carbonyl (C=O) groups is 1. The number of hydrogen-bond acceptors (Lipinski definition) is 2. The van der Waals surface area contributed by atoms with E-state index in [1.165, 1.54) is 18.9 Å². The third kappa shape index (κ3) is 4.31. The summed E-state index contributed by atoms with van der Waals surface area (Å²) < 4.78 is 13.4. The molecule has 1 aromatic carbocycles. The largest absolute Gasteiger partial charge is 0.324 e. The van der Waals surface area contributed by atoms with Crippen molar-refractivity contribution in [3.05, 3.63) is 30.1 Å². The van der Waals surface area contributed by atoms with E-state index in [9.17, 15) is 9.18 Å². The average molecular weight is 264 g/mol. The zero-order valence-corrected chi connectivity index (χ0v) is 11.4. The first-order valence-electron chi connectivity index (χ1n) is 6.92. The normalized spacial score (nSPS) is 20.2. The van der Waals surface area contributed by atoms with Gasteiger partial charge in [0, 0.05) is 19.5 Å². The lowest BCUT2D eigenvalue weighted by Crippen LogP contribution is -2.36. The second-order valence-electron chi connectivity index (χ2n) is 5.33. The molecule has 0 aromatic heterocycles. The van der Waals surface area contributed by atoms with Crippen LogP contribution < -0.4 is 5.32 Å². The maximum absolute atomic E-state index is 13.4. The van der Waals surface area contributed by atoms with Crippen LogP contribution in [0.4, 0.5) is 10.1 Å². The Hall–Kier alpha value is -1.42. The first-order chi connectivity index (χ1) is 9.15. The number of carbonyl (C=O) groups excluding carboxylic acids is 1. The van der Waals surface area contributed by atoms with E-state index in [-0.39, 0.29) is 17.4 Å². The molecule has 0 aliphatic carbocycles. The Morgan fingerprint density at radius 1 is 1.47 bits per heavy atom. The zero-order valence-electron chi connectivity index (χ0n) is 11.4. The molecule has 1 heterocycles. The first kappa shape index (κ1) is 14.0. The van der Waals surface area contributed by atoms with Crippen LogP contribution in [-0.4, -0.2) is 30.4 Å². The first-order valence-corrected chi connectivity index (χ1v) is 6.92. The summed E-state index contributed by atoms with van der Waals surface area (Å²) in [6.07, 6.45) is 2.90. The van der Waals surface area contributed by atoms with Gasteiger partial charge in [-0.05, 0) is 37.4 Å². The van der Waals surface area contributed by atoms with E-state index >= 15 is 0 Å². The number of likely N-dealkylation sites (tertiary alicyclic amines) is 1. The zero-order chi connectivity index (χ0) is 13.7. The monoisotopic (exact) mass is 264 g/mol. The molecule has 19 heavy (non-hydrogen) atoms. The van der Waals surface area contributed by atoms with E-state index in [4.69, 9.17) is 0 Å². The summed E-state index contributed by atoms with van der Waals surface area (Å²) in [6, 6.07) is 6.25. The summed E-state index contributed by atoms with van der Waals surface area (Å²) in [5.74, 6) is 0.203. The maximum Gasteiger partial charge on any atom is 0.225 e. The molecule has 1 N–H and O–H groups in total. The number of hydrogen-bond donors (Lipinski definition) is 1. The number of nitrogens with one attached hydrogen (secondary N) is 1. The van der Waals surface area contributed by atoms with Crippen molar-refractivity contribution >= 4 is 11.6 Å². The fraction of sp³-hybridized carbons (Fsp3) is 0.533. The van der Waals surface area contributed by atoms with Crippen molar-refractivity contribution in [2.45, 2.75) is 26.2 Å². The number of nitrogens with zero attached hydrogens (tertiary/aromatic N) is 1. The highest BCUT2D eigenvalue weighted by Gasteiger charge is 2.17. The molecule has 1 saturated heterocycles. The van der Waals surface area contributed by atoms with E-state index in [1.54, 1.807) is 18.2 Å². The minimum Gasteiger partial charge on any atom is -0.324 e. The van der Waals surface area contributed by atoms with Gasteiger partial charge in [0.25, 0.3) is 0 Å². The van der Waals surface area contributed by atoms with Crippen LogP contribution in [0.5, 0.6) is 0 Å². The molecule has 0 spiro atoms. The molecule has 1 aliphatic rings. The predicted molar refractivity (Wildman–Crippen MR) is 74.5 cm³/mol. The van der Waals surface area contributed by atoms with Gasteiger partial charge in [0.1, 0.15) is 5.82 Å². The van der Waals surface area contributed by atoms with Gasteiger partial charge in [-0.2, -0.15) is 0 Å². The number of benzene rings is 1. The van der Waals surface area contributed by atoms with Crippen LogP contribution in [-0.2, 0) is 4.79 Å². The third-order valence-corrected chi connectivity index (χ3v) is 3.54.